The lowest BCUT2D eigenvalue weighted by Crippen LogP contribution is -2.57. The highest BCUT2D eigenvalue weighted by molar-refractivity contribution is 6.77. The normalized spacial score (nSPS) is 35.9. The van der Waals surface area contributed by atoms with Gasteiger partial charge in [0.05, 0.1) is 48.6 Å². The Labute approximate surface area is 425 Å². The van der Waals surface area contributed by atoms with Crippen LogP contribution in [0.2, 0.25) is 0 Å². The van der Waals surface area contributed by atoms with E-state index in [2.05, 4.69) is 21.3 Å². The molecule has 4 amide bonds. The first-order chi connectivity index (χ1) is 28.9. The molecule has 0 spiro atoms. The number of hydrogen-bond acceptors (Lipinski definition) is 16. The van der Waals surface area contributed by atoms with Crippen molar-refractivity contribution in [1.29, 1.82) is 0 Å². The lowest BCUT2D eigenvalue weighted by molar-refractivity contribution is -0.128. The average molecular weight is 1170 g/mol. The van der Waals surface area contributed by atoms with E-state index in [0.717, 1.165) is 0 Å². The fourth-order valence-corrected chi connectivity index (χ4v) is 6.92. The monoisotopic (exact) mass is 1160 g/mol. The third-order valence-electron chi connectivity index (χ3n) is 10.0. The SMILES string of the molecule is O=C(N[C@H]1CC[C@H](O)[C@H](O)[C@H]1O)C(Cl)(Cl)Cl.O=C(N[C@H]1CC[C@H](O)[C@H](O)[C@H]1O)C(Cl)(Cl)Cl.O=C(N[C@H]1CC[C@H](O)[C@H](O)[C@H]1O)C(Cl)(Cl)Cl.O=C(N[C@H]1CC[C@H](O)[C@H](O)[C@H]1O)C(Cl)(Cl)Cl. The van der Waals surface area contributed by atoms with Gasteiger partial charge >= 0.3 is 0 Å². The summed E-state index contributed by atoms with van der Waals surface area (Å²) in [6.45, 7) is 0. The molecule has 4 saturated carbocycles. The van der Waals surface area contributed by atoms with Gasteiger partial charge < -0.3 is 82.5 Å². The van der Waals surface area contributed by atoms with Gasteiger partial charge in [-0.05, 0) is 51.4 Å². The van der Waals surface area contributed by atoms with Gasteiger partial charge in [0.1, 0.15) is 48.8 Å². The summed E-state index contributed by atoms with van der Waals surface area (Å²) in [5, 5.41) is 122. The second-order valence-corrected chi connectivity index (χ2v) is 23.9. The number of rotatable bonds is 4. The average Bonchev–Trinajstić information content (AvgIpc) is 3.17. The molecule has 32 heteroatoms. The Morgan fingerprint density at radius 2 is 0.422 bits per heavy atom. The predicted octanol–water partition coefficient (Wildman–Crippen LogP) is -1.13. The highest BCUT2D eigenvalue weighted by Gasteiger charge is 2.44. The predicted molar refractivity (Wildman–Crippen MR) is 238 cm³/mol. The van der Waals surface area contributed by atoms with Gasteiger partial charge in [-0.3, -0.25) is 19.2 Å². The maximum atomic E-state index is 11.3. The highest BCUT2D eigenvalue weighted by atomic mass is 35.6. The van der Waals surface area contributed by atoms with E-state index in [1.165, 1.54) is 0 Å². The minimum absolute atomic E-state index is 0.253. The number of carbonyl (C=O) groups excluding carboxylic acids is 4. The van der Waals surface area contributed by atoms with Crippen LogP contribution in [-0.4, -0.2) is 197 Å². The molecule has 20 nitrogen and oxygen atoms in total. The van der Waals surface area contributed by atoms with Crippen LogP contribution in [0.5, 0.6) is 0 Å². The van der Waals surface area contributed by atoms with E-state index in [-0.39, 0.29) is 25.7 Å². The lowest BCUT2D eigenvalue weighted by atomic mass is 9.88. The second-order valence-electron chi connectivity index (χ2n) is 14.8. The molecular formula is C32H48Cl12N4O16. The topological polar surface area (TPSA) is 359 Å². The van der Waals surface area contributed by atoms with Gasteiger partial charge in [-0.25, -0.2) is 0 Å². The molecule has 4 aliphatic rings. The largest absolute Gasteiger partial charge is 0.390 e. The van der Waals surface area contributed by atoms with Crippen molar-refractivity contribution in [3.8, 4) is 0 Å². The Hall–Kier alpha value is 0.880. The quantitative estimate of drug-likeness (QED) is 0.148. The van der Waals surface area contributed by atoms with Gasteiger partial charge in [0, 0.05) is 0 Å². The van der Waals surface area contributed by atoms with Crippen LogP contribution in [0, 0.1) is 0 Å². The van der Waals surface area contributed by atoms with Gasteiger partial charge in [-0.1, -0.05) is 139 Å². The molecule has 16 atom stereocenters. The summed E-state index contributed by atoms with van der Waals surface area (Å²) in [7, 11) is 0. The lowest BCUT2D eigenvalue weighted by Gasteiger charge is -2.35. The number of hydrogen-bond donors (Lipinski definition) is 16. The van der Waals surface area contributed by atoms with Crippen molar-refractivity contribution in [2.24, 2.45) is 0 Å². The summed E-state index contributed by atoms with van der Waals surface area (Å²) in [4.78, 5) is 45.2. The smallest absolute Gasteiger partial charge is 0.272 e. The van der Waals surface area contributed by atoms with E-state index in [1.54, 1.807) is 0 Å². The number of aliphatic hydroxyl groups is 12. The Morgan fingerprint density at radius 1 is 0.281 bits per heavy atom. The van der Waals surface area contributed by atoms with Crippen molar-refractivity contribution in [2.75, 3.05) is 0 Å². The molecule has 0 heterocycles. The molecule has 4 rings (SSSR count). The molecule has 0 radical (unpaired) electrons. The van der Waals surface area contributed by atoms with Crippen molar-refractivity contribution in [3.63, 3.8) is 0 Å². The van der Waals surface area contributed by atoms with E-state index in [9.17, 15) is 80.5 Å². The Morgan fingerprint density at radius 3 is 0.547 bits per heavy atom. The van der Waals surface area contributed by atoms with Crippen LogP contribution in [0.25, 0.3) is 0 Å². The third-order valence-corrected chi connectivity index (χ3v) is 12.1. The standard InChI is InChI=1S/4C8H12Cl3NO4/c4*9-8(10,11)7(16)12-3-1-2-4(13)6(15)5(3)14/h4*3-6,13-15H,1-2H2,(H,12,16)/t4*3-,4-,5-,6-/m0000/s1. The molecule has 0 bridgehead atoms. The van der Waals surface area contributed by atoms with Gasteiger partial charge in [-0.2, -0.15) is 0 Å². The van der Waals surface area contributed by atoms with Crippen molar-refractivity contribution < 1.29 is 80.5 Å². The fourth-order valence-electron chi connectivity index (χ4n) is 6.26. The molecule has 0 saturated heterocycles. The minimum Gasteiger partial charge on any atom is -0.390 e. The van der Waals surface area contributed by atoms with Gasteiger partial charge in [0.25, 0.3) is 38.8 Å². The fraction of sp³-hybridized carbons (Fsp3) is 0.875. The van der Waals surface area contributed by atoms with Crippen LogP contribution in [-0.2, 0) is 19.2 Å². The molecular weight excluding hydrogens is 1120 g/mol. The summed E-state index contributed by atoms with van der Waals surface area (Å²) < 4.78 is -8.44. The van der Waals surface area contributed by atoms with Gasteiger partial charge in [0.2, 0.25) is 0 Å². The maximum Gasteiger partial charge on any atom is 0.272 e. The number of amides is 4. The van der Waals surface area contributed by atoms with E-state index >= 15 is 0 Å². The molecule has 4 aliphatic carbocycles. The Kier molecular flexibility index (Phi) is 26.4. The van der Waals surface area contributed by atoms with Crippen molar-refractivity contribution >= 4 is 163 Å². The second kappa shape index (κ2) is 26.9. The zero-order valence-corrected chi connectivity index (χ0v) is 41.5. The molecule has 4 fully saturated rings. The molecule has 16 N–H and O–H groups in total. The maximum absolute atomic E-state index is 11.3. The van der Waals surface area contributed by atoms with Crippen LogP contribution in [0.1, 0.15) is 51.4 Å². The van der Waals surface area contributed by atoms with Crippen molar-refractivity contribution in [1.82, 2.24) is 21.3 Å². The summed E-state index contributed by atoms with van der Waals surface area (Å²) >= 11 is 64.1. The van der Waals surface area contributed by atoms with E-state index in [0.29, 0.717) is 25.7 Å². The number of aliphatic hydroxyl groups excluding tert-OH is 12. The summed E-state index contributed by atoms with van der Waals surface area (Å²) in [5.41, 5.74) is 0. The van der Waals surface area contributed by atoms with E-state index in [1.807, 2.05) is 0 Å². The summed E-state index contributed by atoms with van der Waals surface area (Å²) in [6, 6.07) is -2.94. The van der Waals surface area contributed by atoms with Crippen LogP contribution in [0.4, 0.5) is 0 Å². The first kappa shape index (κ1) is 62.9. The van der Waals surface area contributed by atoms with Crippen molar-refractivity contribution in [2.45, 2.75) is 164 Å². The molecule has 376 valence electrons. The molecule has 0 aromatic rings. The molecule has 0 unspecified atom stereocenters. The zero-order valence-electron chi connectivity index (χ0n) is 32.4. The van der Waals surface area contributed by atoms with Gasteiger partial charge in [-0.15, -0.1) is 0 Å². The van der Waals surface area contributed by atoms with Crippen LogP contribution in [0.15, 0.2) is 0 Å². The van der Waals surface area contributed by atoms with Crippen molar-refractivity contribution in [3.05, 3.63) is 0 Å². The number of halogens is 12. The third kappa shape index (κ3) is 20.3. The first-order valence-electron chi connectivity index (χ1n) is 18.6. The number of carbonyl (C=O) groups is 4. The number of alkyl halides is 12. The molecule has 64 heavy (non-hydrogen) atoms. The first-order valence-corrected chi connectivity index (χ1v) is 23.1. The summed E-state index contributed by atoms with van der Waals surface area (Å²) in [5.74, 6) is -3.48. The molecule has 0 aliphatic heterocycles. The number of nitrogens with one attached hydrogen (secondary N) is 4. The highest BCUT2D eigenvalue weighted by Crippen LogP contribution is 2.31. The zero-order chi connectivity index (χ0) is 50.0. The summed E-state index contributed by atoms with van der Waals surface area (Å²) in [6.07, 6.45) is -12.2. The van der Waals surface area contributed by atoms with E-state index < -0.39 is 136 Å². The minimum atomic E-state index is -2.11. The van der Waals surface area contributed by atoms with Crippen LogP contribution >= 0.6 is 139 Å². The molecule has 0 aromatic carbocycles. The van der Waals surface area contributed by atoms with Crippen LogP contribution in [0.3, 0.4) is 0 Å². The Balaban J connectivity index is 0.000000427. The van der Waals surface area contributed by atoms with E-state index in [4.69, 9.17) is 139 Å². The van der Waals surface area contributed by atoms with Crippen LogP contribution < -0.4 is 21.3 Å². The molecule has 0 aromatic heterocycles. The Bertz CT molecular complexity index is 1300. The van der Waals surface area contributed by atoms with Gasteiger partial charge in [0.15, 0.2) is 0 Å².